The highest BCUT2D eigenvalue weighted by Gasteiger charge is 2.18. The van der Waals surface area contributed by atoms with Gasteiger partial charge in [-0.3, -0.25) is 19.7 Å². The number of benzene rings is 3. The van der Waals surface area contributed by atoms with Crippen LogP contribution in [0.15, 0.2) is 78.2 Å². The fraction of sp³-hybridized carbons (Fsp3) is 0.0400. The fourth-order valence-electron chi connectivity index (χ4n) is 3.37. The maximum Gasteiger partial charge on any atom is 0.262 e. The summed E-state index contributed by atoms with van der Waals surface area (Å²) < 4.78 is 5.37. The largest absolute Gasteiger partial charge is 0.482 e. The molecule has 0 bridgehead atoms. The van der Waals surface area contributed by atoms with Gasteiger partial charge >= 0.3 is 0 Å². The molecule has 0 aliphatic carbocycles. The van der Waals surface area contributed by atoms with Crippen LogP contribution in [0.1, 0.15) is 20.7 Å². The molecule has 34 heavy (non-hydrogen) atoms. The lowest BCUT2D eigenvalue weighted by Crippen LogP contribution is -2.25. The summed E-state index contributed by atoms with van der Waals surface area (Å²) >= 11 is 1.31. The Labute approximate surface area is 198 Å². The third kappa shape index (κ3) is 4.64. The van der Waals surface area contributed by atoms with Crippen LogP contribution < -0.4 is 20.7 Å². The van der Waals surface area contributed by atoms with Crippen molar-refractivity contribution in [3.8, 4) is 17.0 Å². The molecule has 1 aromatic heterocycles. The Kier molecular flexibility index (Phi) is 5.75. The molecule has 0 fully saturated rings. The van der Waals surface area contributed by atoms with Crippen LogP contribution in [0.3, 0.4) is 0 Å². The minimum atomic E-state index is -0.330. The van der Waals surface area contributed by atoms with Gasteiger partial charge in [0.15, 0.2) is 11.7 Å². The van der Waals surface area contributed by atoms with Crippen LogP contribution >= 0.6 is 11.3 Å². The summed E-state index contributed by atoms with van der Waals surface area (Å²) in [6.45, 7) is -0.0807. The molecule has 0 atom stereocenters. The predicted octanol–water partition coefficient (Wildman–Crippen LogP) is 4.65. The maximum absolute atomic E-state index is 12.6. The molecule has 3 N–H and O–H groups in total. The predicted molar refractivity (Wildman–Crippen MR) is 130 cm³/mol. The molecule has 8 nitrogen and oxygen atoms in total. The molecule has 1 aliphatic rings. The summed E-state index contributed by atoms with van der Waals surface area (Å²) in [7, 11) is 0. The van der Waals surface area contributed by atoms with Gasteiger partial charge < -0.3 is 15.4 Å². The van der Waals surface area contributed by atoms with Crippen molar-refractivity contribution in [1.82, 2.24) is 4.98 Å². The van der Waals surface area contributed by atoms with Crippen LogP contribution in [-0.4, -0.2) is 29.3 Å². The first-order chi connectivity index (χ1) is 16.5. The molecule has 3 amide bonds. The zero-order valence-electron chi connectivity index (χ0n) is 17.7. The molecule has 168 valence electrons. The van der Waals surface area contributed by atoms with Crippen LogP contribution in [0.4, 0.5) is 16.5 Å². The quantitative estimate of drug-likeness (QED) is 0.394. The van der Waals surface area contributed by atoms with Gasteiger partial charge in [-0.1, -0.05) is 30.3 Å². The Hall–Kier alpha value is -4.50. The summed E-state index contributed by atoms with van der Waals surface area (Å²) in [5.41, 5.74) is 3.75. The Bertz CT molecular complexity index is 1380. The van der Waals surface area contributed by atoms with Gasteiger partial charge in [-0.2, -0.15) is 0 Å². The van der Waals surface area contributed by atoms with Crippen LogP contribution in [0.2, 0.25) is 0 Å². The van der Waals surface area contributed by atoms with E-state index in [1.165, 1.54) is 11.3 Å². The molecule has 2 heterocycles. The van der Waals surface area contributed by atoms with Crippen molar-refractivity contribution in [2.24, 2.45) is 0 Å². The van der Waals surface area contributed by atoms with E-state index >= 15 is 0 Å². The van der Waals surface area contributed by atoms with E-state index in [-0.39, 0.29) is 24.3 Å². The van der Waals surface area contributed by atoms with E-state index in [0.717, 1.165) is 5.56 Å². The highest BCUT2D eigenvalue weighted by atomic mass is 32.1. The summed E-state index contributed by atoms with van der Waals surface area (Å²) in [5.74, 6) is -0.289. The van der Waals surface area contributed by atoms with Gasteiger partial charge in [-0.15, -0.1) is 11.3 Å². The highest BCUT2D eigenvalue weighted by molar-refractivity contribution is 7.14. The maximum atomic E-state index is 12.6. The highest BCUT2D eigenvalue weighted by Crippen LogP contribution is 2.30. The van der Waals surface area contributed by atoms with Gasteiger partial charge in [0.25, 0.3) is 17.7 Å². The zero-order chi connectivity index (χ0) is 23.5. The summed E-state index contributed by atoms with van der Waals surface area (Å²) in [4.78, 5) is 40.8. The minimum Gasteiger partial charge on any atom is -0.482 e. The number of nitrogens with zero attached hydrogens (tertiary/aromatic N) is 1. The van der Waals surface area contributed by atoms with Gasteiger partial charge in [-0.25, -0.2) is 4.98 Å². The second-order valence-electron chi connectivity index (χ2n) is 7.44. The third-order valence-corrected chi connectivity index (χ3v) is 5.83. The molecule has 1 aliphatic heterocycles. The first kappa shape index (κ1) is 21.4. The van der Waals surface area contributed by atoms with Gasteiger partial charge in [-0.05, 0) is 42.5 Å². The average molecular weight is 471 g/mol. The number of rotatable bonds is 5. The summed E-state index contributed by atoms with van der Waals surface area (Å²) in [6, 6.07) is 21.1. The first-order valence-corrected chi connectivity index (χ1v) is 11.2. The molecule has 5 rings (SSSR count). The lowest BCUT2D eigenvalue weighted by atomic mass is 10.1. The van der Waals surface area contributed by atoms with Crippen LogP contribution in [0, 0.1) is 0 Å². The Morgan fingerprint density at radius 3 is 2.47 bits per heavy atom. The van der Waals surface area contributed by atoms with Crippen molar-refractivity contribution in [1.29, 1.82) is 0 Å². The van der Waals surface area contributed by atoms with E-state index in [1.54, 1.807) is 42.5 Å². The number of anilines is 3. The van der Waals surface area contributed by atoms with Gasteiger partial charge in [0.2, 0.25) is 0 Å². The Balaban J connectivity index is 1.24. The SMILES string of the molecule is O=C1COc2cc(C(=O)Nc3nc(-c4ccc(NC(=O)c5ccccc5)cc4)cs3)ccc2N1. The molecule has 0 unspecified atom stereocenters. The Morgan fingerprint density at radius 1 is 0.912 bits per heavy atom. The number of hydrogen-bond acceptors (Lipinski definition) is 6. The average Bonchev–Trinajstić information content (AvgIpc) is 3.33. The van der Waals surface area contributed by atoms with Crippen LogP contribution in [-0.2, 0) is 4.79 Å². The van der Waals surface area contributed by atoms with Crippen LogP contribution in [0.25, 0.3) is 11.3 Å². The summed E-state index contributed by atoms with van der Waals surface area (Å²) in [5, 5.41) is 10.6. The number of carbonyl (C=O) groups excluding carboxylic acids is 3. The number of aromatic nitrogens is 1. The second kappa shape index (κ2) is 9.16. The smallest absolute Gasteiger partial charge is 0.262 e. The van der Waals surface area contributed by atoms with Crippen molar-refractivity contribution < 1.29 is 19.1 Å². The third-order valence-electron chi connectivity index (χ3n) is 5.08. The monoisotopic (exact) mass is 470 g/mol. The van der Waals surface area contributed by atoms with Gasteiger partial charge in [0, 0.05) is 27.8 Å². The van der Waals surface area contributed by atoms with Gasteiger partial charge in [0.05, 0.1) is 11.4 Å². The molecule has 0 saturated heterocycles. The summed E-state index contributed by atoms with van der Waals surface area (Å²) in [6.07, 6.45) is 0. The van der Waals surface area contributed by atoms with Crippen molar-refractivity contribution in [3.05, 3.63) is 89.3 Å². The lowest BCUT2D eigenvalue weighted by Gasteiger charge is -2.18. The number of ether oxygens (including phenoxy) is 1. The number of nitrogens with one attached hydrogen (secondary N) is 3. The van der Waals surface area contributed by atoms with E-state index in [9.17, 15) is 14.4 Å². The molecule has 4 aromatic rings. The van der Waals surface area contributed by atoms with Crippen molar-refractivity contribution in [2.45, 2.75) is 0 Å². The number of hydrogen-bond donors (Lipinski definition) is 3. The normalized spacial score (nSPS) is 12.2. The molecule has 0 spiro atoms. The van der Waals surface area contributed by atoms with E-state index in [0.29, 0.717) is 39.1 Å². The molecule has 3 aromatic carbocycles. The van der Waals surface area contributed by atoms with E-state index in [2.05, 4.69) is 20.9 Å². The van der Waals surface area contributed by atoms with Crippen molar-refractivity contribution >= 4 is 45.6 Å². The van der Waals surface area contributed by atoms with E-state index in [1.807, 2.05) is 35.7 Å². The second-order valence-corrected chi connectivity index (χ2v) is 8.30. The molecular weight excluding hydrogens is 452 g/mol. The standard InChI is InChI=1S/C25H18N4O4S/c30-22-13-33-21-12-17(8-11-19(21)27-22)24(32)29-25-28-20(14-34-25)15-6-9-18(10-7-15)26-23(31)16-4-2-1-3-5-16/h1-12,14H,13H2,(H,26,31)(H,27,30)(H,28,29,32). The lowest BCUT2D eigenvalue weighted by molar-refractivity contribution is -0.118. The van der Waals surface area contributed by atoms with E-state index in [4.69, 9.17) is 4.74 Å². The van der Waals surface area contributed by atoms with Gasteiger partial charge in [0.1, 0.15) is 5.75 Å². The molecule has 0 radical (unpaired) electrons. The number of amides is 3. The first-order valence-electron chi connectivity index (χ1n) is 10.4. The number of fused-ring (bicyclic) bond motifs is 1. The zero-order valence-corrected chi connectivity index (χ0v) is 18.5. The van der Waals surface area contributed by atoms with E-state index < -0.39 is 0 Å². The molecule has 9 heteroatoms. The van der Waals surface area contributed by atoms with Crippen LogP contribution in [0.5, 0.6) is 5.75 Å². The number of carbonyl (C=O) groups is 3. The number of thiazole rings is 1. The van der Waals surface area contributed by atoms with Crippen molar-refractivity contribution in [2.75, 3.05) is 22.6 Å². The molecular formula is C25H18N4O4S. The molecule has 0 saturated carbocycles. The Morgan fingerprint density at radius 2 is 1.68 bits per heavy atom. The fourth-order valence-corrected chi connectivity index (χ4v) is 4.08. The topological polar surface area (TPSA) is 109 Å². The van der Waals surface area contributed by atoms with Crippen molar-refractivity contribution in [3.63, 3.8) is 0 Å². The minimum absolute atomic E-state index is 0.0807.